The van der Waals surface area contributed by atoms with Gasteiger partial charge in [-0.15, -0.1) is 0 Å². The van der Waals surface area contributed by atoms with Crippen LogP contribution in [0.1, 0.15) is 27.2 Å². The van der Waals surface area contributed by atoms with Crippen molar-refractivity contribution in [1.29, 1.82) is 0 Å². The minimum absolute atomic E-state index is 0.00181. The second-order valence-corrected chi connectivity index (χ2v) is 8.82. The Labute approximate surface area is 159 Å². The van der Waals surface area contributed by atoms with E-state index in [2.05, 4.69) is 10.00 Å². The minimum atomic E-state index is -3.37. The van der Waals surface area contributed by atoms with E-state index in [0.717, 1.165) is 11.1 Å². The second kappa shape index (κ2) is 7.79. The number of rotatable bonds is 6. The summed E-state index contributed by atoms with van der Waals surface area (Å²) >= 11 is 0. The van der Waals surface area contributed by atoms with E-state index in [4.69, 9.17) is 0 Å². The number of aryl methyl sites for hydroxylation is 2. The van der Waals surface area contributed by atoms with E-state index < -0.39 is 16.0 Å². The fraction of sp³-hybridized carbons (Fsp3) is 0.444. The molecular formula is C18H24N4O4S. The van der Waals surface area contributed by atoms with Gasteiger partial charge >= 0.3 is 5.97 Å². The van der Waals surface area contributed by atoms with Crippen molar-refractivity contribution in [3.8, 4) is 0 Å². The number of aromatic nitrogens is 2. The zero-order chi connectivity index (χ0) is 19.6. The molecule has 146 valence electrons. The number of carboxylic acid groups (broad SMARTS) is 1. The van der Waals surface area contributed by atoms with Crippen LogP contribution in [0.25, 0.3) is 0 Å². The molecule has 2 heterocycles. The van der Waals surface area contributed by atoms with Crippen LogP contribution < -0.4 is 0 Å². The number of nitrogens with zero attached hydrogens (tertiary/aromatic N) is 4. The lowest BCUT2D eigenvalue weighted by molar-refractivity contribution is 0.0693. The predicted octanol–water partition coefficient (Wildman–Crippen LogP) is 1.07. The monoisotopic (exact) mass is 392 g/mol. The van der Waals surface area contributed by atoms with E-state index in [9.17, 15) is 18.3 Å². The Bertz CT molecular complexity index is 913. The van der Waals surface area contributed by atoms with E-state index in [-0.39, 0.29) is 11.3 Å². The highest BCUT2D eigenvalue weighted by Gasteiger charge is 2.28. The second-order valence-electron chi connectivity index (χ2n) is 6.85. The Balaban J connectivity index is 1.61. The molecule has 0 amide bonds. The average Bonchev–Trinajstić information content (AvgIpc) is 2.98. The van der Waals surface area contributed by atoms with Gasteiger partial charge in [0.15, 0.2) is 0 Å². The molecule has 0 saturated carbocycles. The summed E-state index contributed by atoms with van der Waals surface area (Å²) in [5.74, 6) is -1.00. The van der Waals surface area contributed by atoms with Crippen molar-refractivity contribution in [2.24, 2.45) is 7.05 Å². The summed E-state index contributed by atoms with van der Waals surface area (Å²) in [6.07, 6.45) is 1.35. The van der Waals surface area contributed by atoms with Crippen molar-refractivity contribution >= 4 is 16.0 Å². The van der Waals surface area contributed by atoms with Gasteiger partial charge in [-0.3, -0.25) is 9.58 Å². The highest BCUT2D eigenvalue weighted by Crippen LogP contribution is 2.17. The minimum Gasteiger partial charge on any atom is -0.478 e. The third kappa shape index (κ3) is 4.55. The third-order valence-corrected chi connectivity index (χ3v) is 6.71. The number of carboxylic acids is 1. The lowest BCUT2D eigenvalue weighted by Crippen LogP contribution is -2.48. The highest BCUT2D eigenvalue weighted by molar-refractivity contribution is 7.88. The summed E-state index contributed by atoms with van der Waals surface area (Å²) in [4.78, 5) is 13.4. The number of hydrogen-bond donors (Lipinski definition) is 1. The molecule has 27 heavy (non-hydrogen) atoms. The molecule has 9 heteroatoms. The largest absolute Gasteiger partial charge is 0.478 e. The highest BCUT2D eigenvalue weighted by atomic mass is 32.2. The molecule has 2 aromatic rings. The Kier molecular flexibility index (Phi) is 5.64. The van der Waals surface area contributed by atoms with Crippen LogP contribution in [-0.2, 0) is 29.4 Å². The fourth-order valence-corrected chi connectivity index (χ4v) is 4.71. The zero-order valence-electron chi connectivity index (χ0n) is 15.5. The molecule has 1 fully saturated rings. The molecule has 1 aromatic heterocycles. The maximum absolute atomic E-state index is 12.7. The summed E-state index contributed by atoms with van der Waals surface area (Å²) in [5.41, 5.74) is 2.69. The van der Waals surface area contributed by atoms with Gasteiger partial charge in [0, 0.05) is 39.8 Å². The van der Waals surface area contributed by atoms with Crippen LogP contribution in [0.15, 0.2) is 30.5 Å². The SMILES string of the molecule is Cc1ccc(CS(=O)(=O)N2CCN(Cc3c(C(=O)O)cnn3C)CC2)cc1. The van der Waals surface area contributed by atoms with Crippen LogP contribution in [0.5, 0.6) is 0 Å². The lowest BCUT2D eigenvalue weighted by Gasteiger charge is -2.34. The normalized spacial score (nSPS) is 16.5. The first-order valence-electron chi connectivity index (χ1n) is 8.76. The summed E-state index contributed by atoms with van der Waals surface area (Å²) in [5, 5.41) is 13.3. The van der Waals surface area contributed by atoms with Crippen molar-refractivity contribution in [3.63, 3.8) is 0 Å². The van der Waals surface area contributed by atoms with Crippen LogP contribution in [0.3, 0.4) is 0 Å². The van der Waals surface area contributed by atoms with Crippen molar-refractivity contribution < 1.29 is 18.3 Å². The van der Waals surface area contributed by atoms with Crippen LogP contribution >= 0.6 is 0 Å². The van der Waals surface area contributed by atoms with E-state index in [1.807, 2.05) is 31.2 Å². The van der Waals surface area contributed by atoms with E-state index >= 15 is 0 Å². The van der Waals surface area contributed by atoms with Gasteiger partial charge in [0.1, 0.15) is 5.56 Å². The van der Waals surface area contributed by atoms with Gasteiger partial charge in [0.05, 0.1) is 17.6 Å². The fourth-order valence-electron chi connectivity index (χ4n) is 3.19. The molecular weight excluding hydrogens is 368 g/mol. The first-order valence-corrected chi connectivity index (χ1v) is 10.4. The Morgan fingerprint density at radius 1 is 1.15 bits per heavy atom. The molecule has 0 bridgehead atoms. The van der Waals surface area contributed by atoms with Gasteiger partial charge in [-0.25, -0.2) is 13.2 Å². The number of aromatic carboxylic acids is 1. The molecule has 1 saturated heterocycles. The topological polar surface area (TPSA) is 95.7 Å². The Morgan fingerprint density at radius 2 is 1.78 bits per heavy atom. The van der Waals surface area contributed by atoms with Gasteiger partial charge < -0.3 is 5.11 Å². The van der Waals surface area contributed by atoms with Crippen molar-refractivity contribution in [2.45, 2.75) is 19.2 Å². The average molecular weight is 392 g/mol. The van der Waals surface area contributed by atoms with E-state index in [1.54, 1.807) is 11.7 Å². The maximum Gasteiger partial charge on any atom is 0.339 e. The summed E-state index contributed by atoms with van der Waals surface area (Å²) < 4.78 is 28.4. The Hall–Kier alpha value is -2.23. The molecule has 1 aliphatic rings. The molecule has 3 rings (SSSR count). The third-order valence-electron chi connectivity index (χ3n) is 4.86. The standard InChI is InChI=1S/C18H24N4O4S/c1-14-3-5-15(6-4-14)13-27(25,26)22-9-7-21(8-10-22)12-17-16(18(23)24)11-19-20(17)2/h3-6,11H,7-10,12-13H2,1-2H3,(H,23,24). The number of carbonyl (C=O) groups is 1. The van der Waals surface area contributed by atoms with Crippen LogP contribution in [0.2, 0.25) is 0 Å². The lowest BCUT2D eigenvalue weighted by atomic mass is 10.2. The van der Waals surface area contributed by atoms with Gasteiger partial charge in [-0.2, -0.15) is 9.40 Å². The number of sulfonamides is 1. The van der Waals surface area contributed by atoms with Crippen molar-refractivity contribution in [1.82, 2.24) is 19.0 Å². The Morgan fingerprint density at radius 3 is 2.37 bits per heavy atom. The van der Waals surface area contributed by atoms with Crippen molar-refractivity contribution in [2.75, 3.05) is 26.2 Å². The molecule has 0 spiro atoms. The number of benzene rings is 1. The zero-order valence-corrected chi connectivity index (χ0v) is 16.3. The van der Waals surface area contributed by atoms with Gasteiger partial charge in [0.2, 0.25) is 10.0 Å². The molecule has 8 nitrogen and oxygen atoms in total. The van der Waals surface area contributed by atoms with Crippen LogP contribution in [-0.4, -0.2) is 64.7 Å². The number of piperazine rings is 1. The van der Waals surface area contributed by atoms with Crippen LogP contribution in [0.4, 0.5) is 0 Å². The molecule has 0 aliphatic carbocycles. The molecule has 0 unspecified atom stereocenters. The summed E-state index contributed by atoms with van der Waals surface area (Å²) in [6.45, 7) is 4.30. The van der Waals surface area contributed by atoms with Crippen molar-refractivity contribution in [3.05, 3.63) is 52.8 Å². The molecule has 0 atom stereocenters. The summed E-state index contributed by atoms with van der Waals surface area (Å²) in [6, 6.07) is 7.52. The first-order chi connectivity index (χ1) is 12.8. The quantitative estimate of drug-likeness (QED) is 0.790. The van der Waals surface area contributed by atoms with E-state index in [0.29, 0.717) is 38.4 Å². The molecule has 1 aromatic carbocycles. The molecule has 0 radical (unpaired) electrons. The van der Waals surface area contributed by atoms with E-state index in [1.165, 1.54) is 10.5 Å². The predicted molar refractivity (Wildman–Crippen MR) is 101 cm³/mol. The van der Waals surface area contributed by atoms with Gasteiger partial charge in [-0.1, -0.05) is 29.8 Å². The summed E-state index contributed by atoms with van der Waals surface area (Å²) in [7, 11) is -1.66. The molecule has 1 aliphatic heterocycles. The molecule has 1 N–H and O–H groups in total. The first kappa shape index (κ1) is 19.5. The van der Waals surface area contributed by atoms with Crippen LogP contribution in [0, 0.1) is 6.92 Å². The van der Waals surface area contributed by atoms with Gasteiger partial charge in [-0.05, 0) is 12.5 Å². The van der Waals surface area contributed by atoms with Gasteiger partial charge in [0.25, 0.3) is 0 Å². The maximum atomic E-state index is 12.7. The number of hydrogen-bond acceptors (Lipinski definition) is 5. The smallest absolute Gasteiger partial charge is 0.339 e.